The monoisotopic (exact) mass is 274 g/mol. The van der Waals surface area contributed by atoms with Crippen LogP contribution in [-0.2, 0) is 5.41 Å². The summed E-state index contributed by atoms with van der Waals surface area (Å²) >= 11 is 0. The maximum Gasteiger partial charge on any atom is 0.121 e. The van der Waals surface area contributed by atoms with E-state index in [2.05, 4.69) is 25.9 Å². The first-order valence-electron chi connectivity index (χ1n) is 6.84. The standard InChI is InChI=1S/C16H22N2O2/c1-12(11-19)20-14-7-5-6-13(10-14)18-9-8-15(17-18)16(2,3)4/h5-10,12,19H,11H2,1-4H3/t12-/m0/s1. The zero-order chi connectivity index (χ0) is 14.8. The molecule has 0 bridgehead atoms. The predicted octanol–water partition coefficient (Wildman–Crippen LogP) is 2.93. The Hall–Kier alpha value is -1.81. The summed E-state index contributed by atoms with van der Waals surface area (Å²) in [5, 5.41) is 13.6. The third-order valence-electron chi connectivity index (χ3n) is 3.03. The molecule has 4 heteroatoms. The number of ether oxygens (including phenoxy) is 1. The Morgan fingerprint density at radius 2 is 2.05 bits per heavy atom. The average Bonchev–Trinajstić information content (AvgIpc) is 2.88. The molecule has 0 spiro atoms. The first kappa shape index (κ1) is 14.6. The highest BCUT2D eigenvalue weighted by Crippen LogP contribution is 2.22. The van der Waals surface area contributed by atoms with E-state index in [1.807, 2.05) is 48.1 Å². The van der Waals surface area contributed by atoms with Crippen molar-refractivity contribution < 1.29 is 9.84 Å². The molecule has 1 aromatic heterocycles. The second-order valence-corrected chi connectivity index (χ2v) is 6.00. The van der Waals surface area contributed by atoms with Gasteiger partial charge in [0.05, 0.1) is 18.0 Å². The van der Waals surface area contributed by atoms with Crippen molar-refractivity contribution in [1.82, 2.24) is 9.78 Å². The molecule has 0 aliphatic rings. The molecule has 0 saturated carbocycles. The van der Waals surface area contributed by atoms with Gasteiger partial charge in [-0.1, -0.05) is 26.8 Å². The number of aliphatic hydroxyl groups excluding tert-OH is 1. The zero-order valence-corrected chi connectivity index (χ0v) is 12.5. The molecule has 0 saturated heterocycles. The van der Waals surface area contributed by atoms with Crippen LogP contribution in [0.3, 0.4) is 0 Å². The van der Waals surface area contributed by atoms with E-state index in [0.717, 1.165) is 17.1 Å². The Balaban J connectivity index is 2.25. The van der Waals surface area contributed by atoms with Gasteiger partial charge in [-0.25, -0.2) is 4.68 Å². The summed E-state index contributed by atoms with van der Waals surface area (Å²) in [5.74, 6) is 0.733. The first-order chi connectivity index (χ1) is 9.40. The maximum absolute atomic E-state index is 9.03. The normalized spacial score (nSPS) is 13.2. The van der Waals surface area contributed by atoms with Crippen molar-refractivity contribution in [1.29, 1.82) is 0 Å². The highest BCUT2D eigenvalue weighted by Gasteiger charge is 2.17. The van der Waals surface area contributed by atoms with Gasteiger partial charge in [0.25, 0.3) is 0 Å². The van der Waals surface area contributed by atoms with Crippen LogP contribution in [-0.4, -0.2) is 27.6 Å². The molecule has 1 heterocycles. The van der Waals surface area contributed by atoms with Crippen molar-refractivity contribution >= 4 is 0 Å². The number of benzene rings is 1. The molecule has 2 aromatic rings. The fraction of sp³-hybridized carbons (Fsp3) is 0.438. The van der Waals surface area contributed by atoms with Gasteiger partial charge in [-0.2, -0.15) is 5.10 Å². The minimum Gasteiger partial charge on any atom is -0.488 e. The topological polar surface area (TPSA) is 47.3 Å². The van der Waals surface area contributed by atoms with Gasteiger partial charge in [-0.3, -0.25) is 0 Å². The van der Waals surface area contributed by atoms with Crippen molar-refractivity contribution in [2.45, 2.75) is 39.2 Å². The van der Waals surface area contributed by atoms with Gasteiger partial charge in [0.2, 0.25) is 0 Å². The Kier molecular flexibility index (Phi) is 4.14. The van der Waals surface area contributed by atoms with Gasteiger partial charge in [-0.05, 0) is 25.1 Å². The Morgan fingerprint density at radius 3 is 2.65 bits per heavy atom. The summed E-state index contributed by atoms with van der Waals surface area (Å²) in [5.41, 5.74) is 2.03. The van der Waals surface area contributed by atoms with Gasteiger partial charge in [0, 0.05) is 17.7 Å². The summed E-state index contributed by atoms with van der Waals surface area (Å²) < 4.78 is 7.45. The molecule has 0 radical (unpaired) electrons. The second-order valence-electron chi connectivity index (χ2n) is 6.00. The van der Waals surface area contributed by atoms with Crippen LogP contribution in [0.2, 0.25) is 0 Å². The van der Waals surface area contributed by atoms with E-state index in [1.54, 1.807) is 0 Å². The minimum atomic E-state index is -0.215. The molecule has 1 N–H and O–H groups in total. The van der Waals surface area contributed by atoms with E-state index in [0.29, 0.717) is 0 Å². The van der Waals surface area contributed by atoms with E-state index in [4.69, 9.17) is 9.84 Å². The molecular formula is C16H22N2O2. The second kappa shape index (κ2) is 5.67. The van der Waals surface area contributed by atoms with E-state index in [1.165, 1.54) is 0 Å². The SMILES string of the molecule is C[C@@H](CO)Oc1cccc(-n2ccc(C(C)(C)C)n2)c1. The lowest BCUT2D eigenvalue weighted by molar-refractivity contribution is 0.129. The van der Waals surface area contributed by atoms with Gasteiger partial charge in [0.1, 0.15) is 11.9 Å². The first-order valence-corrected chi connectivity index (χ1v) is 6.84. The predicted molar refractivity (Wildman–Crippen MR) is 79.4 cm³/mol. The molecule has 2 rings (SSSR count). The van der Waals surface area contributed by atoms with Gasteiger partial charge >= 0.3 is 0 Å². The summed E-state index contributed by atoms with van der Waals surface area (Å²) in [7, 11) is 0. The molecule has 108 valence electrons. The lowest BCUT2D eigenvalue weighted by atomic mass is 9.93. The Bertz CT molecular complexity index is 570. The fourth-order valence-electron chi connectivity index (χ4n) is 1.84. The molecule has 1 aromatic carbocycles. The van der Waals surface area contributed by atoms with E-state index < -0.39 is 0 Å². The molecule has 20 heavy (non-hydrogen) atoms. The zero-order valence-electron chi connectivity index (χ0n) is 12.5. The summed E-state index contributed by atoms with van der Waals surface area (Å²) in [6.07, 6.45) is 1.74. The van der Waals surface area contributed by atoms with E-state index in [-0.39, 0.29) is 18.1 Å². The summed E-state index contributed by atoms with van der Waals surface area (Å²) in [6.45, 7) is 8.25. The number of hydrogen-bond acceptors (Lipinski definition) is 3. The highest BCUT2D eigenvalue weighted by atomic mass is 16.5. The molecule has 1 atom stereocenters. The maximum atomic E-state index is 9.03. The highest BCUT2D eigenvalue weighted by molar-refractivity contribution is 5.39. The van der Waals surface area contributed by atoms with Crippen LogP contribution >= 0.6 is 0 Å². The van der Waals surface area contributed by atoms with Gasteiger partial charge < -0.3 is 9.84 Å². The molecule has 0 aliphatic carbocycles. The molecule has 0 amide bonds. The minimum absolute atomic E-state index is 0.000168. The third-order valence-corrected chi connectivity index (χ3v) is 3.03. The van der Waals surface area contributed by atoms with Gasteiger partial charge in [-0.15, -0.1) is 0 Å². The summed E-state index contributed by atoms with van der Waals surface area (Å²) in [4.78, 5) is 0. The van der Waals surface area contributed by atoms with E-state index >= 15 is 0 Å². The quantitative estimate of drug-likeness (QED) is 0.932. The molecule has 0 unspecified atom stereocenters. The van der Waals surface area contributed by atoms with Gasteiger partial charge in [0.15, 0.2) is 0 Å². The summed E-state index contributed by atoms with van der Waals surface area (Å²) in [6, 6.07) is 9.74. The number of aromatic nitrogens is 2. The largest absolute Gasteiger partial charge is 0.488 e. The molecule has 4 nitrogen and oxygen atoms in total. The van der Waals surface area contributed by atoms with E-state index in [9.17, 15) is 0 Å². The van der Waals surface area contributed by atoms with Crippen molar-refractivity contribution in [3.05, 3.63) is 42.2 Å². The fourth-order valence-corrected chi connectivity index (χ4v) is 1.84. The Morgan fingerprint density at radius 1 is 1.30 bits per heavy atom. The van der Waals surface area contributed by atoms with Crippen LogP contribution in [0, 0.1) is 0 Å². The lowest BCUT2D eigenvalue weighted by Gasteiger charge is -2.15. The lowest BCUT2D eigenvalue weighted by Crippen LogP contribution is -2.16. The smallest absolute Gasteiger partial charge is 0.121 e. The van der Waals surface area contributed by atoms with Crippen LogP contribution in [0.25, 0.3) is 5.69 Å². The van der Waals surface area contributed by atoms with Crippen LogP contribution in [0.5, 0.6) is 5.75 Å². The number of nitrogens with zero attached hydrogens (tertiary/aromatic N) is 2. The average molecular weight is 274 g/mol. The van der Waals surface area contributed by atoms with Crippen LogP contribution in [0.15, 0.2) is 36.5 Å². The van der Waals surface area contributed by atoms with Crippen LogP contribution < -0.4 is 4.74 Å². The van der Waals surface area contributed by atoms with Crippen molar-refractivity contribution in [2.24, 2.45) is 0 Å². The van der Waals surface area contributed by atoms with Crippen molar-refractivity contribution in [2.75, 3.05) is 6.61 Å². The van der Waals surface area contributed by atoms with Crippen molar-refractivity contribution in [3.8, 4) is 11.4 Å². The Labute approximate surface area is 120 Å². The van der Waals surface area contributed by atoms with Crippen LogP contribution in [0.4, 0.5) is 0 Å². The number of hydrogen-bond donors (Lipinski definition) is 1. The third kappa shape index (κ3) is 3.39. The molecule has 0 aliphatic heterocycles. The number of rotatable bonds is 4. The number of aliphatic hydroxyl groups is 1. The molecule has 0 fully saturated rings. The molecular weight excluding hydrogens is 252 g/mol. The van der Waals surface area contributed by atoms with Crippen LogP contribution in [0.1, 0.15) is 33.4 Å². The van der Waals surface area contributed by atoms with Crippen molar-refractivity contribution in [3.63, 3.8) is 0 Å².